The summed E-state index contributed by atoms with van der Waals surface area (Å²) in [5.74, 6) is 0. The Labute approximate surface area is 108 Å². The molecule has 94 valence electrons. The average molecular weight is 241 g/mol. The zero-order chi connectivity index (χ0) is 12.5. The van der Waals surface area contributed by atoms with E-state index in [-0.39, 0.29) is 0 Å². The first-order valence-electron chi connectivity index (χ1n) is 6.78. The smallest absolute Gasteiger partial charge is 0.101 e. The van der Waals surface area contributed by atoms with Crippen molar-refractivity contribution in [2.75, 3.05) is 18.0 Å². The lowest BCUT2D eigenvalue weighted by molar-refractivity contribution is 0.563. The minimum absolute atomic E-state index is 0.601. The first-order chi connectivity index (χ1) is 8.78. The van der Waals surface area contributed by atoms with Crippen molar-refractivity contribution < 1.29 is 0 Å². The highest BCUT2D eigenvalue weighted by molar-refractivity contribution is 5.64. The molecule has 2 heterocycles. The number of para-hydroxylation sites is 1. The Morgan fingerprint density at radius 3 is 2.94 bits per heavy atom. The summed E-state index contributed by atoms with van der Waals surface area (Å²) in [5, 5.41) is 13.0. The number of benzene rings is 1. The van der Waals surface area contributed by atoms with Crippen LogP contribution in [0.5, 0.6) is 0 Å². The first kappa shape index (κ1) is 11.6. The van der Waals surface area contributed by atoms with Crippen LogP contribution in [0.3, 0.4) is 0 Å². The molecule has 2 fully saturated rings. The molecule has 2 unspecified atom stereocenters. The van der Waals surface area contributed by atoms with Crippen LogP contribution in [-0.2, 0) is 0 Å². The van der Waals surface area contributed by atoms with E-state index in [0.29, 0.717) is 12.1 Å². The van der Waals surface area contributed by atoms with Crippen molar-refractivity contribution in [1.82, 2.24) is 5.32 Å². The topological polar surface area (TPSA) is 39.1 Å². The molecule has 2 aliphatic rings. The molecule has 2 saturated heterocycles. The number of aryl methyl sites for hydroxylation is 1. The van der Waals surface area contributed by atoms with Crippen LogP contribution in [0, 0.1) is 18.3 Å². The van der Waals surface area contributed by atoms with Gasteiger partial charge in [-0.3, -0.25) is 0 Å². The lowest BCUT2D eigenvalue weighted by Gasteiger charge is -2.28. The number of fused-ring (bicyclic) bond motifs is 2. The summed E-state index contributed by atoms with van der Waals surface area (Å²) in [6, 6.07) is 9.63. The van der Waals surface area contributed by atoms with Crippen molar-refractivity contribution >= 4 is 5.69 Å². The van der Waals surface area contributed by atoms with Crippen LogP contribution in [0.1, 0.15) is 30.4 Å². The summed E-state index contributed by atoms with van der Waals surface area (Å²) in [5.41, 5.74) is 3.17. The molecular formula is C15H19N3. The molecule has 2 bridgehead atoms. The van der Waals surface area contributed by atoms with Crippen molar-refractivity contribution in [3.8, 4) is 6.07 Å². The zero-order valence-corrected chi connectivity index (χ0v) is 10.8. The summed E-state index contributed by atoms with van der Waals surface area (Å²) < 4.78 is 0. The third kappa shape index (κ3) is 1.97. The highest BCUT2D eigenvalue weighted by Crippen LogP contribution is 2.29. The SMILES string of the molecule is Cc1cccc(C#N)c1N1CCC2CCC(C1)N2. The lowest BCUT2D eigenvalue weighted by atomic mass is 10.0. The van der Waals surface area contributed by atoms with Gasteiger partial charge in [-0.25, -0.2) is 0 Å². The van der Waals surface area contributed by atoms with Crippen molar-refractivity contribution in [3.05, 3.63) is 29.3 Å². The van der Waals surface area contributed by atoms with E-state index in [9.17, 15) is 5.26 Å². The van der Waals surface area contributed by atoms with E-state index in [1.54, 1.807) is 0 Å². The highest BCUT2D eigenvalue weighted by Gasteiger charge is 2.30. The molecule has 1 aromatic carbocycles. The number of rotatable bonds is 1. The summed E-state index contributed by atoms with van der Waals surface area (Å²) in [6.45, 7) is 4.20. The van der Waals surface area contributed by atoms with E-state index in [1.165, 1.54) is 24.8 Å². The molecule has 3 rings (SSSR count). The number of nitrogens with one attached hydrogen (secondary N) is 1. The van der Waals surface area contributed by atoms with Crippen molar-refractivity contribution in [2.45, 2.75) is 38.3 Å². The molecule has 0 radical (unpaired) electrons. The summed E-state index contributed by atoms with van der Waals surface area (Å²) in [6.07, 6.45) is 3.78. The third-order valence-corrected chi connectivity index (χ3v) is 4.20. The van der Waals surface area contributed by atoms with Gasteiger partial charge >= 0.3 is 0 Å². The molecule has 0 aromatic heterocycles. The maximum absolute atomic E-state index is 9.28. The molecule has 18 heavy (non-hydrogen) atoms. The maximum Gasteiger partial charge on any atom is 0.101 e. The van der Waals surface area contributed by atoms with Gasteiger partial charge in [0.25, 0.3) is 0 Å². The van der Waals surface area contributed by atoms with Gasteiger partial charge in [-0.2, -0.15) is 5.26 Å². The number of hydrogen-bond donors (Lipinski definition) is 1. The second-order valence-corrected chi connectivity index (χ2v) is 5.46. The fourth-order valence-corrected chi connectivity index (χ4v) is 3.32. The Balaban J connectivity index is 1.93. The lowest BCUT2D eigenvalue weighted by Crippen LogP contribution is -2.36. The quantitative estimate of drug-likeness (QED) is 0.819. The van der Waals surface area contributed by atoms with Crippen LogP contribution >= 0.6 is 0 Å². The molecule has 3 heteroatoms. The Kier molecular flexibility index (Phi) is 2.97. The predicted octanol–water partition coefficient (Wildman–Crippen LogP) is 2.20. The Bertz CT molecular complexity index is 489. The summed E-state index contributed by atoms with van der Waals surface area (Å²) >= 11 is 0. The second-order valence-electron chi connectivity index (χ2n) is 5.46. The normalized spacial score (nSPS) is 26.8. The molecular weight excluding hydrogens is 222 g/mol. The van der Waals surface area contributed by atoms with Crippen LogP contribution in [0.25, 0.3) is 0 Å². The molecule has 3 nitrogen and oxygen atoms in total. The van der Waals surface area contributed by atoms with E-state index in [4.69, 9.17) is 0 Å². The zero-order valence-electron chi connectivity index (χ0n) is 10.8. The van der Waals surface area contributed by atoms with Gasteiger partial charge in [0.05, 0.1) is 11.3 Å². The van der Waals surface area contributed by atoms with Crippen LogP contribution in [0.2, 0.25) is 0 Å². The van der Waals surface area contributed by atoms with Gasteiger partial charge in [-0.1, -0.05) is 12.1 Å². The predicted molar refractivity (Wildman–Crippen MR) is 72.7 cm³/mol. The van der Waals surface area contributed by atoms with Gasteiger partial charge < -0.3 is 10.2 Å². The fourth-order valence-electron chi connectivity index (χ4n) is 3.32. The highest BCUT2D eigenvalue weighted by atomic mass is 15.2. The number of nitrogens with zero attached hydrogens (tertiary/aromatic N) is 2. The number of anilines is 1. The molecule has 2 aliphatic heterocycles. The molecule has 0 amide bonds. The van der Waals surface area contributed by atoms with Crippen LogP contribution in [-0.4, -0.2) is 25.2 Å². The van der Waals surface area contributed by atoms with E-state index < -0.39 is 0 Å². The standard InChI is InChI=1S/C15H19N3/c1-11-3-2-4-12(9-16)15(11)18-8-7-13-5-6-14(10-18)17-13/h2-4,13-14,17H,5-8,10H2,1H3. The molecule has 1 N–H and O–H groups in total. The minimum Gasteiger partial charge on any atom is -0.369 e. The molecule has 2 atom stereocenters. The van der Waals surface area contributed by atoms with E-state index in [0.717, 1.165) is 24.3 Å². The number of hydrogen-bond acceptors (Lipinski definition) is 3. The Morgan fingerprint density at radius 1 is 1.28 bits per heavy atom. The molecule has 0 spiro atoms. The fraction of sp³-hybridized carbons (Fsp3) is 0.533. The van der Waals surface area contributed by atoms with Gasteiger partial charge in [0.2, 0.25) is 0 Å². The van der Waals surface area contributed by atoms with Gasteiger partial charge in [0, 0.05) is 25.2 Å². The van der Waals surface area contributed by atoms with Crippen LogP contribution in [0.15, 0.2) is 18.2 Å². The van der Waals surface area contributed by atoms with Crippen LogP contribution < -0.4 is 10.2 Å². The number of nitriles is 1. The average Bonchev–Trinajstić information content (AvgIpc) is 2.70. The maximum atomic E-state index is 9.28. The summed E-state index contributed by atoms with van der Waals surface area (Å²) in [7, 11) is 0. The first-order valence-corrected chi connectivity index (χ1v) is 6.78. The van der Waals surface area contributed by atoms with Crippen LogP contribution in [0.4, 0.5) is 5.69 Å². The van der Waals surface area contributed by atoms with Crippen molar-refractivity contribution in [1.29, 1.82) is 5.26 Å². The third-order valence-electron chi connectivity index (χ3n) is 4.20. The minimum atomic E-state index is 0.601. The van der Waals surface area contributed by atoms with Crippen molar-refractivity contribution in [2.24, 2.45) is 0 Å². The van der Waals surface area contributed by atoms with Gasteiger partial charge in [-0.15, -0.1) is 0 Å². The molecule has 0 aliphatic carbocycles. The van der Waals surface area contributed by atoms with Gasteiger partial charge in [0.1, 0.15) is 6.07 Å². The largest absolute Gasteiger partial charge is 0.369 e. The molecule has 0 saturated carbocycles. The summed E-state index contributed by atoms with van der Waals surface area (Å²) in [4.78, 5) is 2.41. The Hall–Kier alpha value is -1.53. The second kappa shape index (κ2) is 4.62. The van der Waals surface area contributed by atoms with E-state index in [2.05, 4.69) is 29.3 Å². The van der Waals surface area contributed by atoms with Gasteiger partial charge in [-0.05, 0) is 37.8 Å². The monoisotopic (exact) mass is 241 g/mol. The van der Waals surface area contributed by atoms with E-state index in [1.807, 2.05) is 12.1 Å². The van der Waals surface area contributed by atoms with Gasteiger partial charge in [0.15, 0.2) is 0 Å². The van der Waals surface area contributed by atoms with E-state index >= 15 is 0 Å². The molecule has 1 aromatic rings. The van der Waals surface area contributed by atoms with Crippen molar-refractivity contribution in [3.63, 3.8) is 0 Å². The Morgan fingerprint density at radius 2 is 2.11 bits per heavy atom.